The molecule has 1 amide bonds. The summed E-state index contributed by atoms with van der Waals surface area (Å²) in [5.74, 6) is -2.73. The van der Waals surface area contributed by atoms with Gasteiger partial charge in [0.25, 0.3) is 0 Å². The highest BCUT2D eigenvalue weighted by molar-refractivity contribution is 5.77. The summed E-state index contributed by atoms with van der Waals surface area (Å²) in [4.78, 5) is 24.3. The molecule has 0 aromatic heterocycles. The molecule has 0 aliphatic carbocycles. The molecule has 6 heteroatoms. The third kappa shape index (κ3) is 4.24. The molecule has 4 nitrogen and oxygen atoms in total. The van der Waals surface area contributed by atoms with Crippen molar-refractivity contribution in [3.63, 3.8) is 0 Å². The van der Waals surface area contributed by atoms with Crippen molar-refractivity contribution in [3.05, 3.63) is 35.4 Å². The summed E-state index contributed by atoms with van der Waals surface area (Å²) in [7, 11) is 0. The molecule has 1 aliphatic rings. The van der Waals surface area contributed by atoms with Crippen molar-refractivity contribution in [2.45, 2.75) is 25.7 Å². The van der Waals surface area contributed by atoms with E-state index >= 15 is 0 Å². The molecular weight excluding hydrogens is 280 g/mol. The fraction of sp³-hybridized carbons (Fsp3) is 0.467. The Labute approximate surface area is 121 Å². The first-order valence-corrected chi connectivity index (χ1v) is 6.89. The number of rotatable bonds is 5. The van der Waals surface area contributed by atoms with Crippen molar-refractivity contribution in [3.8, 4) is 0 Å². The summed E-state index contributed by atoms with van der Waals surface area (Å²) in [5.41, 5.74) is 0.573. The molecule has 21 heavy (non-hydrogen) atoms. The minimum Gasteiger partial charge on any atom is -0.481 e. The van der Waals surface area contributed by atoms with E-state index in [9.17, 15) is 18.4 Å². The summed E-state index contributed by atoms with van der Waals surface area (Å²) < 4.78 is 25.8. The number of halogens is 2. The van der Waals surface area contributed by atoms with Crippen LogP contribution in [0.2, 0.25) is 0 Å². The van der Waals surface area contributed by atoms with Gasteiger partial charge in [-0.3, -0.25) is 9.59 Å². The molecule has 1 aromatic carbocycles. The monoisotopic (exact) mass is 297 g/mol. The number of carboxylic acids is 1. The van der Waals surface area contributed by atoms with Gasteiger partial charge in [-0.2, -0.15) is 0 Å². The number of aryl methyl sites for hydroxylation is 1. The van der Waals surface area contributed by atoms with Crippen molar-refractivity contribution in [2.24, 2.45) is 5.92 Å². The number of amides is 1. The normalized spacial score (nSPS) is 18.0. The van der Waals surface area contributed by atoms with E-state index in [-0.39, 0.29) is 24.7 Å². The fourth-order valence-corrected chi connectivity index (χ4v) is 2.58. The molecular formula is C15H17F2NO3. The van der Waals surface area contributed by atoms with Gasteiger partial charge in [0.2, 0.25) is 5.91 Å². The third-order valence-electron chi connectivity index (χ3n) is 3.71. The van der Waals surface area contributed by atoms with E-state index in [4.69, 9.17) is 5.11 Å². The van der Waals surface area contributed by atoms with Crippen molar-refractivity contribution < 1.29 is 23.5 Å². The Bertz CT molecular complexity index is 548. The lowest BCUT2D eigenvalue weighted by atomic mass is 10.1. The van der Waals surface area contributed by atoms with Gasteiger partial charge in [-0.25, -0.2) is 8.78 Å². The van der Waals surface area contributed by atoms with E-state index in [2.05, 4.69) is 0 Å². The molecule has 1 heterocycles. The average Bonchev–Trinajstić information content (AvgIpc) is 2.87. The summed E-state index contributed by atoms with van der Waals surface area (Å²) in [6.07, 6.45) is 1.33. The minimum atomic E-state index is -0.914. The van der Waals surface area contributed by atoms with Crippen LogP contribution in [0.5, 0.6) is 0 Å². The largest absolute Gasteiger partial charge is 0.481 e. The first-order valence-electron chi connectivity index (χ1n) is 6.89. The van der Waals surface area contributed by atoms with Gasteiger partial charge >= 0.3 is 5.97 Å². The molecule has 1 saturated heterocycles. The van der Waals surface area contributed by atoms with E-state index in [0.29, 0.717) is 31.5 Å². The third-order valence-corrected chi connectivity index (χ3v) is 3.71. The van der Waals surface area contributed by atoms with Crippen LogP contribution in [0.1, 0.15) is 24.8 Å². The van der Waals surface area contributed by atoms with E-state index in [1.807, 2.05) is 0 Å². The van der Waals surface area contributed by atoms with Crippen LogP contribution in [-0.4, -0.2) is 35.0 Å². The first-order chi connectivity index (χ1) is 9.95. The zero-order valence-corrected chi connectivity index (χ0v) is 11.5. The number of carbonyl (C=O) groups is 2. The molecule has 0 radical (unpaired) electrons. The zero-order valence-electron chi connectivity index (χ0n) is 11.5. The fourth-order valence-electron chi connectivity index (χ4n) is 2.58. The smallest absolute Gasteiger partial charge is 0.303 e. The maximum Gasteiger partial charge on any atom is 0.303 e. The Balaban J connectivity index is 1.82. The van der Waals surface area contributed by atoms with E-state index < -0.39 is 17.6 Å². The van der Waals surface area contributed by atoms with E-state index in [1.165, 1.54) is 6.07 Å². The van der Waals surface area contributed by atoms with Crippen molar-refractivity contribution in [1.82, 2.24) is 4.90 Å². The van der Waals surface area contributed by atoms with Crippen LogP contribution in [-0.2, 0) is 16.0 Å². The van der Waals surface area contributed by atoms with Crippen LogP contribution in [0, 0.1) is 17.6 Å². The van der Waals surface area contributed by atoms with Crippen LogP contribution in [0.3, 0.4) is 0 Å². The Morgan fingerprint density at radius 3 is 2.71 bits per heavy atom. The minimum absolute atomic E-state index is 0.00900. The van der Waals surface area contributed by atoms with Gasteiger partial charge in [0.15, 0.2) is 11.6 Å². The molecule has 1 fully saturated rings. The van der Waals surface area contributed by atoms with E-state index in [0.717, 1.165) is 12.1 Å². The molecule has 1 aliphatic heterocycles. The van der Waals surface area contributed by atoms with Gasteiger partial charge in [0.1, 0.15) is 0 Å². The molecule has 1 atom stereocenters. The van der Waals surface area contributed by atoms with Gasteiger partial charge in [0, 0.05) is 25.9 Å². The molecule has 0 bridgehead atoms. The van der Waals surface area contributed by atoms with Gasteiger partial charge in [-0.15, -0.1) is 0 Å². The molecule has 114 valence electrons. The van der Waals surface area contributed by atoms with Crippen LogP contribution in [0.25, 0.3) is 0 Å². The second kappa shape index (κ2) is 6.65. The Morgan fingerprint density at radius 1 is 1.29 bits per heavy atom. The van der Waals surface area contributed by atoms with Crippen LogP contribution in [0.15, 0.2) is 18.2 Å². The van der Waals surface area contributed by atoms with Gasteiger partial charge in [-0.1, -0.05) is 6.07 Å². The standard InChI is InChI=1S/C15H17F2NO3/c16-12-3-1-10(7-13(12)17)2-4-14(19)18-6-5-11(9-18)8-15(20)21/h1,3,7,11H,2,4-6,8-9H2,(H,20,21). The first kappa shape index (κ1) is 15.4. The quantitative estimate of drug-likeness (QED) is 0.906. The number of benzene rings is 1. The lowest BCUT2D eigenvalue weighted by molar-refractivity contribution is -0.138. The highest BCUT2D eigenvalue weighted by Crippen LogP contribution is 2.20. The van der Waals surface area contributed by atoms with Crippen LogP contribution < -0.4 is 0 Å². The Hall–Kier alpha value is -1.98. The summed E-state index contributed by atoms with van der Waals surface area (Å²) in [6.45, 7) is 1.03. The van der Waals surface area contributed by atoms with E-state index in [1.54, 1.807) is 4.90 Å². The Kier molecular flexibility index (Phi) is 4.88. The molecule has 0 saturated carbocycles. The number of aliphatic carboxylic acids is 1. The predicted octanol–water partition coefficient (Wildman–Crippen LogP) is 2.22. The topological polar surface area (TPSA) is 57.6 Å². The lowest BCUT2D eigenvalue weighted by Crippen LogP contribution is -2.29. The number of nitrogens with zero attached hydrogens (tertiary/aromatic N) is 1. The van der Waals surface area contributed by atoms with Crippen LogP contribution in [0.4, 0.5) is 8.78 Å². The number of carbonyl (C=O) groups excluding carboxylic acids is 1. The van der Waals surface area contributed by atoms with Crippen LogP contribution >= 0.6 is 0 Å². The molecule has 1 unspecified atom stereocenters. The highest BCUT2D eigenvalue weighted by Gasteiger charge is 2.27. The van der Waals surface area contributed by atoms with Crippen molar-refractivity contribution in [1.29, 1.82) is 0 Å². The molecule has 1 N–H and O–H groups in total. The maximum absolute atomic E-state index is 13.1. The lowest BCUT2D eigenvalue weighted by Gasteiger charge is -2.16. The van der Waals surface area contributed by atoms with Crippen molar-refractivity contribution in [2.75, 3.05) is 13.1 Å². The average molecular weight is 297 g/mol. The molecule has 2 rings (SSSR count). The SMILES string of the molecule is O=C(O)CC1CCN(C(=O)CCc2ccc(F)c(F)c2)C1. The summed E-state index contributed by atoms with van der Waals surface area (Å²) in [5, 5.41) is 8.73. The number of likely N-dealkylation sites (tertiary alicyclic amines) is 1. The van der Waals surface area contributed by atoms with Crippen molar-refractivity contribution >= 4 is 11.9 Å². The van der Waals surface area contributed by atoms with Gasteiger partial charge in [0.05, 0.1) is 0 Å². The van der Waals surface area contributed by atoms with Gasteiger partial charge < -0.3 is 10.0 Å². The summed E-state index contributed by atoms with van der Waals surface area (Å²) in [6, 6.07) is 3.61. The highest BCUT2D eigenvalue weighted by atomic mass is 19.2. The maximum atomic E-state index is 13.1. The molecule has 0 spiro atoms. The Morgan fingerprint density at radius 2 is 2.05 bits per heavy atom. The second-order valence-electron chi connectivity index (χ2n) is 5.34. The zero-order chi connectivity index (χ0) is 15.4. The van der Waals surface area contributed by atoms with Gasteiger partial charge in [-0.05, 0) is 36.5 Å². The number of hydrogen-bond acceptors (Lipinski definition) is 2. The number of hydrogen-bond donors (Lipinski definition) is 1. The molecule has 1 aromatic rings. The second-order valence-corrected chi connectivity index (χ2v) is 5.34. The summed E-state index contributed by atoms with van der Waals surface area (Å²) >= 11 is 0. The predicted molar refractivity (Wildman–Crippen MR) is 71.6 cm³/mol. The number of carboxylic acid groups (broad SMARTS) is 1.